The lowest BCUT2D eigenvalue weighted by Gasteiger charge is -2.22. The number of ether oxygens (including phenoxy) is 1. The summed E-state index contributed by atoms with van der Waals surface area (Å²) in [6.07, 6.45) is 2.02. The SMILES string of the molecule is CN=C(NCc1nccn1CC(F)(F)F)NC1CC2CCC1O2.I. The van der Waals surface area contributed by atoms with E-state index in [0.717, 1.165) is 23.8 Å². The Bertz CT molecular complexity index is 577. The molecule has 24 heavy (non-hydrogen) atoms. The third-order valence-electron chi connectivity index (χ3n) is 4.22. The Morgan fingerprint density at radius 2 is 2.25 bits per heavy atom. The highest BCUT2D eigenvalue weighted by molar-refractivity contribution is 14.0. The molecule has 3 rings (SSSR count). The van der Waals surface area contributed by atoms with E-state index in [0.29, 0.717) is 17.9 Å². The van der Waals surface area contributed by atoms with Gasteiger partial charge in [0.15, 0.2) is 5.96 Å². The Morgan fingerprint density at radius 1 is 1.46 bits per heavy atom. The zero-order chi connectivity index (χ0) is 16.4. The Labute approximate surface area is 155 Å². The topological polar surface area (TPSA) is 63.5 Å². The fourth-order valence-corrected chi connectivity index (χ4v) is 3.17. The van der Waals surface area contributed by atoms with Crippen molar-refractivity contribution in [2.75, 3.05) is 7.05 Å². The van der Waals surface area contributed by atoms with E-state index in [-0.39, 0.29) is 42.7 Å². The van der Waals surface area contributed by atoms with E-state index in [2.05, 4.69) is 20.6 Å². The lowest BCUT2D eigenvalue weighted by atomic mass is 9.96. The van der Waals surface area contributed by atoms with Crippen molar-refractivity contribution < 1.29 is 17.9 Å². The average molecular weight is 459 g/mol. The van der Waals surface area contributed by atoms with Crippen molar-refractivity contribution in [1.29, 1.82) is 0 Å². The minimum Gasteiger partial charge on any atom is -0.373 e. The Kier molecular flexibility index (Phi) is 6.34. The predicted octanol–water partition coefficient (Wildman–Crippen LogP) is 2.05. The second-order valence-electron chi connectivity index (χ2n) is 5.87. The van der Waals surface area contributed by atoms with Gasteiger partial charge in [-0.25, -0.2) is 4.98 Å². The molecule has 2 saturated heterocycles. The summed E-state index contributed by atoms with van der Waals surface area (Å²) in [7, 11) is 1.63. The first-order valence-corrected chi connectivity index (χ1v) is 7.64. The van der Waals surface area contributed by atoms with Gasteiger partial charge in [0.05, 0.1) is 24.8 Å². The van der Waals surface area contributed by atoms with Crippen molar-refractivity contribution in [3.63, 3.8) is 0 Å². The molecule has 0 spiro atoms. The maximum absolute atomic E-state index is 12.5. The molecule has 3 atom stereocenters. The molecular weight excluding hydrogens is 438 g/mol. The summed E-state index contributed by atoms with van der Waals surface area (Å²) < 4.78 is 44.4. The first-order chi connectivity index (χ1) is 10.9. The molecule has 1 aromatic heterocycles. The first kappa shape index (κ1) is 19.3. The number of alkyl halides is 3. The number of hydrogen-bond acceptors (Lipinski definition) is 3. The number of rotatable bonds is 4. The third kappa shape index (κ3) is 4.74. The molecule has 0 amide bonds. The number of guanidine groups is 1. The van der Waals surface area contributed by atoms with Crippen LogP contribution in [0.5, 0.6) is 0 Å². The molecule has 2 N–H and O–H groups in total. The normalized spacial score (nSPS) is 26.3. The monoisotopic (exact) mass is 459 g/mol. The van der Waals surface area contributed by atoms with Crippen molar-refractivity contribution in [1.82, 2.24) is 20.2 Å². The largest absolute Gasteiger partial charge is 0.406 e. The van der Waals surface area contributed by atoms with E-state index in [9.17, 15) is 13.2 Å². The number of hydrogen-bond donors (Lipinski definition) is 2. The summed E-state index contributed by atoms with van der Waals surface area (Å²) in [5, 5.41) is 6.30. The van der Waals surface area contributed by atoms with Crippen molar-refractivity contribution >= 4 is 29.9 Å². The second-order valence-corrected chi connectivity index (χ2v) is 5.87. The van der Waals surface area contributed by atoms with Crippen LogP contribution < -0.4 is 10.6 Å². The van der Waals surface area contributed by atoms with Gasteiger partial charge >= 0.3 is 6.18 Å². The molecule has 136 valence electrons. The highest BCUT2D eigenvalue weighted by atomic mass is 127. The molecule has 6 nitrogen and oxygen atoms in total. The van der Waals surface area contributed by atoms with Crippen LogP contribution in [0.2, 0.25) is 0 Å². The summed E-state index contributed by atoms with van der Waals surface area (Å²) in [6.45, 7) is -0.874. The van der Waals surface area contributed by atoms with E-state index in [4.69, 9.17) is 4.74 Å². The summed E-state index contributed by atoms with van der Waals surface area (Å²) in [4.78, 5) is 8.09. The quantitative estimate of drug-likeness (QED) is 0.411. The molecule has 2 aliphatic heterocycles. The van der Waals surface area contributed by atoms with Gasteiger partial charge < -0.3 is 19.9 Å². The Morgan fingerprint density at radius 3 is 2.83 bits per heavy atom. The number of aromatic nitrogens is 2. The number of imidazole rings is 1. The van der Waals surface area contributed by atoms with Crippen LogP contribution in [0, 0.1) is 0 Å². The van der Waals surface area contributed by atoms with Gasteiger partial charge in [-0.15, -0.1) is 24.0 Å². The average Bonchev–Trinajstić information content (AvgIpc) is 3.18. The van der Waals surface area contributed by atoms with Crippen LogP contribution in [0.25, 0.3) is 0 Å². The van der Waals surface area contributed by atoms with Gasteiger partial charge in [0, 0.05) is 19.4 Å². The summed E-state index contributed by atoms with van der Waals surface area (Å²) in [5.74, 6) is 0.863. The van der Waals surface area contributed by atoms with Crippen LogP contribution in [-0.4, -0.2) is 47.0 Å². The predicted molar refractivity (Wildman–Crippen MR) is 93.3 cm³/mol. The van der Waals surface area contributed by atoms with E-state index >= 15 is 0 Å². The molecule has 0 aromatic carbocycles. The molecule has 1 aromatic rings. The van der Waals surface area contributed by atoms with Crippen molar-refractivity contribution in [2.45, 2.75) is 56.8 Å². The Balaban J connectivity index is 0.00000208. The highest BCUT2D eigenvalue weighted by Gasteiger charge is 2.41. The van der Waals surface area contributed by atoms with Crippen molar-refractivity contribution in [2.24, 2.45) is 4.99 Å². The summed E-state index contributed by atoms with van der Waals surface area (Å²) in [6, 6.07) is 0.204. The van der Waals surface area contributed by atoms with E-state index in [1.165, 1.54) is 12.4 Å². The van der Waals surface area contributed by atoms with Crippen LogP contribution in [-0.2, 0) is 17.8 Å². The molecule has 3 heterocycles. The first-order valence-electron chi connectivity index (χ1n) is 7.64. The molecule has 2 fully saturated rings. The number of nitrogens with zero attached hydrogens (tertiary/aromatic N) is 3. The van der Waals surface area contributed by atoms with Gasteiger partial charge in [-0.2, -0.15) is 13.2 Å². The van der Waals surface area contributed by atoms with Gasteiger partial charge in [0.25, 0.3) is 0 Å². The fraction of sp³-hybridized carbons (Fsp3) is 0.714. The molecule has 2 bridgehead atoms. The Hall–Kier alpha value is -1.04. The number of fused-ring (bicyclic) bond motifs is 2. The maximum atomic E-state index is 12.5. The lowest BCUT2D eigenvalue weighted by Crippen LogP contribution is -2.47. The van der Waals surface area contributed by atoms with Crippen LogP contribution in [0.4, 0.5) is 13.2 Å². The van der Waals surface area contributed by atoms with Gasteiger partial charge in [-0.3, -0.25) is 4.99 Å². The van der Waals surface area contributed by atoms with Crippen molar-refractivity contribution in [3.8, 4) is 0 Å². The molecule has 0 aliphatic carbocycles. The minimum absolute atomic E-state index is 0. The second kappa shape index (κ2) is 7.89. The molecular formula is C14H21F3IN5O. The summed E-state index contributed by atoms with van der Waals surface area (Å²) in [5.41, 5.74) is 0. The fourth-order valence-electron chi connectivity index (χ4n) is 3.17. The molecule has 2 aliphatic rings. The lowest BCUT2D eigenvalue weighted by molar-refractivity contribution is -0.141. The van der Waals surface area contributed by atoms with E-state index < -0.39 is 12.7 Å². The zero-order valence-corrected chi connectivity index (χ0v) is 15.5. The van der Waals surface area contributed by atoms with Gasteiger partial charge in [-0.1, -0.05) is 0 Å². The highest BCUT2D eigenvalue weighted by Crippen LogP contribution is 2.34. The number of aliphatic imine (C=N–C) groups is 1. The van der Waals surface area contributed by atoms with Gasteiger partial charge in [0.2, 0.25) is 0 Å². The van der Waals surface area contributed by atoms with Crippen LogP contribution in [0.3, 0.4) is 0 Å². The van der Waals surface area contributed by atoms with Crippen LogP contribution in [0.15, 0.2) is 17.4 Å². The van der Waals surface area contributed by atoms with Gasteiger partial charge in [-0.05, 0) is 19.3 Å². The van der Waals surface area contributed by atoms with Crippen LogP contribution in [0.1, 0.15) is 25.1 Å². The van der Waals surface area contributed by atoms with E-state index in [1.807, 2.05) is 0 Å². The maximum Gasteiger partial charge on any atom is 0.406 e. The van der Waals surface area contributed by atoms with Crippen LogP contribution >= 0.6 is 24.0 Å². The molecule has 3 unspecified atom stereocenters. The van der Waals surface area contributed by atoms with E-state index in [1.54, 1.807) is 7.05 Å². The molecule has 10 heteroatoms. The number of halogens is 4. The minimum atomic E-state index is -4.27. The standard InChI is InChI=1S/C14H20F3N5O.HI/c1-18-13(21-10-6-9-2-3-11(10)23-9)20-7-12-19-4-5-22(12)8-14(15,16)17;/h4-5,9-11H,2-3,6-8H2,1H3,(H2,18,20,21);1H. The smallest absolute Gasteiger partial charge is 0.373 e. The zero-order valence-electron chi connectivity index (χ0n) is 13.2. The molecule has 0 saturated carbocycles. The molecule has 0 radical (unpaired) electrons. The van der Waals surface area contributed by atoms with Gasteiger partial charge in [0.1, 0.15) is 12.4 Å². The third-order valence-corrected chi connectivity index (χ3v) is 4.22. The number of nitrogens with one attached hydrogen (secondary N) is 2. The van der Waals surface area contributed by atoms with Crippen molar-refractivity contribution in [3.05, 3.63) is 18.2 Å². The summed E-state index contributed by atoms with van der Waals surface area (Å²) >= 11 is 0.